The number of unbranched alkanes of at least 4 members (excludes halogenated alkanes) is 3. The molecule has 0 radical (unpaired) electrons. The van der Waals surface area contributed by atoms with E-state index in [4.69, 9.17) is 67.1 Å². The molecule has 5 aliphatic heterocycles. The van der Waals surface area contributed by atoms with E-state index in [-0.39, 0.29) is 39.6 Å². The standard InChI is InChI=1S/C65H84FN5O21/c1-38-53(82-34-42-22-12-7-13-23-42)59(83-35-43-24-14-8-15-25-43)60(84-36-44-26-16-9-17-27-44)63(85-38)89-57-50(70-40(3)74)61(81-29-19-5-4-18-28-68-71-67)87-48(37-80-33-41-20-10-6-11-21-41)55(57)88-62-52(78)58-54(47(31-66)86-62)90-64(79)65(92-58)30-45(75)49(69-39(2)73)56(91-65)51(77)46(76)32-72/h6-17,20-27,38,45-63,72,75-78H,4-5,18-19,28-37H2,1-3H3,(H,69,73)(H,70,74)/t38-,45-,46+,47+,48+,49+,50+,51+,52+,53+,54-,55+,56+,57+,58+,59+,60-,61+,62-,63-,65-/m0/s1. The normalized spacial score (nSPS) is 32.7. The first-order valence-electron chi connectivity index (χ1n) is 31.1. The van der Waals surface area contributed by atoms with Gasteiger partial charge >= 0.3 is 5.97 Å². The molecule has 0 unspecified atom stereocenters. The molecule has 0 aliphatic carbocycles. The number of esters is 1. The van der Waals surface area contributed by atoms with Crippen molar-refractivity contribution in [2.24, 2.45) is 5.11 Å². The van der Waals surface area contributed by atoms with E-state index in [1.54, 1.807) is 6.92 Å². The zero-order chi connectivity index (χ0) is 65.2. The van der Waals surface area contributed by atoms with Crippen LogP contribution in [0.5, 0.6) is 0 Å². The number of carbonyl (C=O) groups is 3. The van der Waals surface area contributed by atoms with E-state index in [2.05, 4.69) is 20.7 Å². The number of nitrogens with zero attached hydrogens (tertiary/aromatic N) is 3. The summed E-state index contributed by atoms with van der Waals surface area (Å²) in [4.78, 5) is 43.2. The smallest absolute Gasteiger partial charge is 0.367 e. The van der Waals surface area contributed by atoms with Crippen LogP contribution in [-0.2, 0) is 102 Å². The van der Waals surface area contributed by atoms with Gasteiger partial charge in [0.15, 0.2) is 25.0 Å². The lowest BCUT2D eigenvalue weighted by molar-refractivity contribution is -0.407. The first-order chi connectivity index (χ1) is 44.6. The van der Waals surface area contributed by atoms with E-state index in [0.29, 0.717) is 32.2 Å². The average Bonchev–Trinajstić information content (AvgIpc) is 0.744. The summed E-state index contributed by atoms with van der Waals surface area (Å²) in [6.07, 6.45) is -25.9. The molecule has 9 rings (SSSR count). The summed E-state index contributed by atoms with van der Waals surface area (Å²) in [7, 11) is 0. The molecule has 5 aliphatic rings. The van der Waals surface area contributed by atoms with Crippen LogP contribution in [0.25, 0.3) is 10.4 Å². The third kappa shape index (κ3) is 18.2. The number of carbonyl (C=O) groups excluding carboxylic acids is 3. The minimum Gasteiger partial charge on any atom is -0.453 e. The number of amides is 2. The second kappa shape index (κ2) is 34.3. The van der Waals surface area contributed by atoms with E-state index in [1.807, 2.05) is 121 Å². The van der Waals surface area contributed by atoms with E-state index in [1.165, 1.54) is 6.92 Å². The number of nitrogens with one attached hydrogen (secondary N) is 2. The zero-order valence-electron chi connectivity index (χ0n) is 51.5. The minimum absolute atomic E-state index is 0.0186. The van der Waals surface area contributed by atoms with Crippen molar-refractivity contribution in [3.63, 3.8) is 0 Å². The maximum absolute atomic E-state index is 15.7. The zero-order valence-corrected chi connectivity index (χ0v) is 51.5. The summed E-state index contributed by atoms with van der Waals surface area (Å²) in [5.41, 5.74) is 12.1. The molecule has 21 atom stereocenters. The molecule has 2 amide bonds. The van der Waals surface area contributed by atoms with Crippen LogP contribution < -0.4 is 10.6 Å². The molecule has 4 aromatic carbocycles. The maximum Gasteiger partial charge on any atom is 0.367 e. The number of benzene rings is 4. The minimum atomic E-state index is -2.70. The van der Waals surface area contributed by atoms with Gasteiger partial charge in [-0.3, -0.25) is 9.59 Å². The van der Waals surface area contributed by atoms with Crippen LogP contribution in [-0.4, -0.2) is 205 Å². The quantitative estimate of drug-likeness (QED) is 0.0123. The number of alkyl halides is 1. The lowest BCUT2D eigenvalue weighted by atomic mass is 9.87. The molecule has 5 fully saturated rings. The topological polar surface area (TPSA) is 345 Å². The molecular formula is C65H84FN5O21. The highest BCUT2D eigenvalue weighted by Crippen LogP contribution is 2.44. The van der Waals surface area contributed by atoms with Crippen LogP contribution in [0.2, 0.25) is 0 Å². The molecule has 27 heteroatoms. The molecule has 26 nitrogen and oxygen atoms in total. The molecule has 7 N–H and O–H groups in total. The number of rotatable bonds is 31. The van der Waals surface area contributed by atoms with Crippen molar-refractivity contribution in [3.8, 4) is 0 Å². The van der Waals surface area contributed by atoms with Gasteiger partial charge in [-0.1, -0.05) is 139 Å². The average molecular weight is 1290 g/mol. The number of fused-ring (bicyclic) bond motifs is 1. The number of aliphatic hydroxyl groups is 5. The summed E-state index contributed by atoms with van der Waals surface area (Å²) in [6, 6.07) is 34.9. The van der Waals surface area contributed by atoms with Crippen molar-refractivity contribution in [1.82, 2.24) is 10.6 Å². The number of hydrogen-bond acceptors (Lipinski definition) is 22. The van der Waals surface area contributed by atoms with Crippen LogP contribution in [0.3, 0.4) is 0 Å². The van der Waals surface area contributed by atoms with Gasteiger partial charge in [0, 0.05) is 38.3 Å². The van der Waals surface area contributed by atoms with Gasteiger partial charge in [0.1, 0.15) is 86.0 Å². The van der Waals surface area contributed by atoms with Crippen LogP contribution in [0.1, 0.15) is 75.1 Å². The number of azide groups is 1. The van der Waals surface area contributed by atoms with Crippen LogP contribution in [0.15, 0.2) is 126 Å². The number of hydrogen-bond donors (Lipinski definition) is 7. The first kappa shape index (κ1) is 70.2. The Balaban J connectivity index is 1.11. The molecule has 502 valence electrons. The summed E-state index contributed by atoms with van der Waals surface area (Å²) >= 11 is 0. The van der Waals surface area contributed by atoms with E-state index in [9.17, 15) is 39.9 Å². The summed E-state index contributed by atoms with van der Waals surface area (Å²) in [6.45, 7) is 2.28. The fourth-order valence-corrected chi connectivity index (χ4v) is 12.0. The van der Waals surface area contributed by atoms with Crippen molar-refractivity contribution >= 4 is 17.8 Å². The number of ether oxygens (including phenoxy) is 13. The third-order valence-corrected chi connectivity index (χ3v) is 16.6. The van der Waals surface area contributed by atoms with Gasteiger partial charge in [-0.25, -0.2) is 9.18 Å². The fourth-order valence-electron chi connectivity index (χ4n) is 12.0. The Morgan fingerprint density at radius 2 is 1.21 bits per heavy atom. The van der Waals surface area contributed by atoms with Crippen molar-refractivity contribution in [2.45, 2.75) is 208 Å². The van der Waals surface area contributed by atoms with Gasteiger partial charge in [-0.2, -0.15) is 0 Å². The SMILES string of the molecule is CC(=O)N[C@H]1[C@H](OCCCCCCN=[N+]=[N-])O[C@H](COCc2ccccc2)[C@@H](O[C@@H]2O[C@H](CF)[C@@H]3OC(=O)[C@]4(C[C@H](O)[C@@H](NC(C)=O)[C@H]([C@H](O)[C@H](O)CO)O4)O[C@@H]3[C@H]2O)[C@@H]1O[C@@H]1O[C@@H](C)[C@@H](OCc2ccccc2)[C@@H](OCc2ccccc2)[C@@H]1OCc1ccccc1. The van der Waals surface area contributed by atoms with E-state index >= 15 is 4.39 Å². The number of halogens is 1. The van der Waals surface area contributed by atoms with Gasteiger partial charge in [0.25, 0.3) is 5.79 Å². The Hall–Kier alpha value is -6.15. The second-order valence-corrected chi connectivity index (χ2v) is 23.4. The highest BCUT2D eigenvalue weighted by molar-refractivity contribution is 5.79. The maximum atomic E-state index is 15.7. The monoisotopic (exact) mass is 1290 g/mol. The van der Waals surface area contributed by atoms with Gasteiger partial charge in [-0.05, 0) is 47.6 Å². The van der Waals surface area contributed by atoms with Gasteiger partial charge in [0.05, 0.1) is 57.9 Å². The largest absolute Gasteiger partial charge is 0.453 e. The Bertz CT molecular complexity index is 2950. The molecule has 5 heterocycles. The van der Waals surface area contributed by atoms with Crippen molar-refractivity contribution in [3.05, 3.63) is 154 Å². The van der Waals surface area contributed by atoms with Crippen molar-refractivity contribution in [2.75, 3.05) is 33.0 Å². The molecule has 0 saturated carbocycles. The third-order valence-electron chi connectivity index (χ3n) is 16.6. The first-order valence-corrected chi connectivity index (χ1v) is 31.1. The van der Waals surface area contributed by atoms with Crippen molar-refractivity contribution in [1.29, 1.82) is 0 Å². The van der Waals surface area contributed by atoms with Crippen LogP contribution in [0.4, 0.5) is 4.39 Å². The highest BCUT2D eigenvalue weighted by Gasteiger charge is 2.65. The second-order valence-electron chi connectivity index (χ2n) is 23.4. The lowest BCUT2D eigenvalue weighted by Crippen LogP contribution is -2.74. The lowest BCUT2D eigenvalue weighted by Gasteiger charge is -2.55. The fraction of sp³-hybridized carbons (Fsp3) is 0.585. The Kier molecular flexibility index (Phi) is 26.2. The predicted octanol–water partition coefficient (Wildman–Crippen LogP) is 4.02. The molecule has 1 spiro atoms. The van der Waals surface area contributed by atoms with E-state index in [0.717, 1.165) is 29.2 Å². The van der Waals surface area contributed by atoms with E-state index < -0.39 is 166 Å². The van der Waals surface area contributed by atoms with Crippen molar-refractivity contribution < 1.29 is 106 Å². The highest BCUT2D eigenvalue weighted by atomic mass is 19.1. The molecule has 5 saturated heterocycles. The molecule has 0 aromatic heterocycles. The summed E-state index contributed by atoms with van der Waals surface area (Å²) < 4.78 is 102. The van der Waals surface area contributed by atoms with Crippen LogP contribution >= 0.6 is 0 Å². The molecule has 4 aromatic rings. The predicted molar refractivity (Wildman–Crippen MR) is 320 cm³/mol. The number of aliphatic hydroxyl groups excluding tert-OH is 5. The summed E-state index contributed by atoms with van der Waals surface area (Å²) in [5, 5.41) is 65.0. The van der Waals surface area contributed by atoms with Gasteiger partial charge < -0.3 is 97.7 Å². The molecule has 0 bridgehead atoms. The Morgan fingerprint density at radius 1 is 0.663 bits per heavy atom. The van der Waals surface area contributed by atoms with Gasteiger partial charge in [-0.15, -0.1) is 0 Å². The molecule has 92 heavy (non-hydrogen) atoms. The summed E-state index contributed by atoms with van der Waals surface area (Å²) in [5.74, 6) is -5.30. The van der Waals surface area contributed by atoms with Crippen LogP contribution in [0, 0.1) is 0 Å². The van der Waals surface area contributed by atoms with Gasteiger partial charge in [0.2, 0.25) is 11.8 Å². The Morgan fingerprint density at radius 3 is 1.78 bits per heavy atom. The molecular weight excluding hydrogens is 1210 g/mol. The Labute approximate surface area is 532 Å².